The second-order valence-electron chi connectivity index (χ2n) is 5.44. The van der Waals surface area contributed by atoms with Gasteiger partial charge < -0.3 is 14.8 Å². The van der Waals surface area contributed by atoms with Crippen LogP contribution in [0.1, 0.15) is 25.8 Å². The number of aliphatic imine (C=N–C) groups is 1. The van der Waals surface area contributed by atoms with Gasteiger partial charge in [0.15, 0.2) is 16.7 Å². The fourth-order valence-corrected chi connectivity index (χ4v) is 3.24. The molecule has 0 radical (unpaired) electrons. The molecular weight excluding hydrogens is 284 g/mol. The fraction of sp³-hybridized carbons (Fsp3) is 0.562. The highest BCUT2D eigenvalue weighted by Gasteiger charge is 2.19. The van der Waals surface area contributed by atoms with Gasteiger partial charge in [0.2, 0.25) is 0 Å². The number of nitrogens with one attached hydrogen (secondary N) is 1. The summed E-state index contributed by atoms with van der Waals surface area (Å²) in [6, 6.07) is 6.47. The van der Waals surface area contributed by atoms with Gasteiger partial charge in [0.25, 0.3) is 0 Å². The van der Waals surface area contributed by atoms with Gasteiger partial charge in [-0.3, -0.25) is 4.99 Å². The van der Waals surface area contributed by atoms with E-state index < -0.39 is 0 Å². The molecule has 0 amide bonds. The number of thioether (sulfide) groups is 1. The standard InChI is InChI=1S/C16H24N2O2S/c1-11(2)13-7-8-21-16(18-13)17-10-12-5-6-14(19-3)15(9-12)20-4/h5-6,9,11,13H,7-8,10H2,1-4H3,(H,17,18). The maximum absolute atomic E-state index is 5.32. The zero-order valence-corrected chi connectivity index (χ0v) is 14.0. The maximum atomic E-state index is 5.32. The van der Waals surface area contributed by atoms with Crippen molar-refractivity contribution in [2.24, 2.45) is 10.9 Å². The molecule has 1 fully saturated rings. The summed E-state index contributed by atoms with van der Waals surface area (Å²) < 4.78 is 10.6. The minimum absolute atomic E-state index is 0.537. The number of rotatable bonds is 5. The number of nitrogens with zero attached hydrogens (tertiary/aromatic N) is 1. The van der Waals surface area contributed by atoms with Gasteiger partial charge in [-0.05, 0) is 30.0 Å². The zero-order valence-electron chi connectivity index (χ0n) is 13.2. The molecule has 4 nitrogen and oxygen atoms in total. The Kier molecular flexibility index (Phi) is 5.79. The van der Waals surface area contributed by atoms with Crippen molar-refractivity contribution < 1.29 is 9.47 Å². The van der Waals surface area contributed by atoms with Gasteiger partial charge in [-0.15, -0.1) is 0 Å². The number of ether oxygens (including phenoxy) is 2. The van der Waals surface area contributed by atoms with Crippen molar-refractivity contribution in [1.82, 2.24) is 5.32 Å². The summed E-state index contributed by atoms with van der Waals surface area (Å²) in [4.78, 5) is 4.69. The molecule has 0 saturated carbocycles. The third kappa shape index (κ3) is 4.30. The lowest BCUT2D eigenvalue weighted by Crippen LogP contribution is -2.41. The second kappa shape index (κ2) is 7.59. The Labute approximate surface area is 131 Å². The van der Waals surface area contributed by atoms with E-state index in [1.807, 2.05) is 18.2 Å². The number of hydrogen-bond donors (Lipinski definition) is 1. The Morgan fingerprint density at radius 2 is 2.05 bits per heavy atom. The number of hydrogen-bond acceptors (Lipinski definition) is 4. The number of amidine groups is 1. The molecule has 1 N–H and O–H groups in total. The first-order chi connectivity index (χ1) is 10.1. The van der Waals surface area contributed by atoms with Gasteiger partial charge in [-0.2, -0.15) is 0 Å². The van der Waals surface area contributed by atoms with E-state index in [4.69, 9.17) is 9.47 Å². The second-order valence-corrected chi connectivity index (χ2v) is 6.53. The Bertz CT molecular complexity index is 503. The Hall–Kier alpha value is -1.36. The van der Waals surface area contributed by atoms with E-state index in [2.05, 4.69) is 24.2 Å². The molecule has 1 unspecified atom stereocenters. The fourth-order valence-electron chi connectivity index (χ4n) is 2.29. The maximum Gasteiger partial charge on any atom is 0.161 e. The lowest BCUT2D eigenvalue weighted by Gasteiger charge is -2.28. The first-order valence-corrected chi connectivity index (χ1v) is 8.27. The molecular formula is C16H24N2O2S. The van der Waals surface area contributed by atoms with E-state index in [9.17, 15) is 0 Å². The largest absolute Gasteiger partial charge is 0.493 e. The highest BCUT2D eigenvalue weighted by molar-refractivity contribution is 8.13. The predicted molar refractivity (Wildman–Crippen MR) is 89.5 cm³/mol. The monoisotopic (exact) mass is 308 g/mol. The van der Waals surface area contributed by atoms with Crippen LogP contribution >= 0.6 is 11.8 Å². The summed E-state index contributed by atoms with van der Waals surface area (Å²) in [5, 5.41) is 4.58. The van der Waals surface area contributed by atoms with Crippen LogP contribution < -0.4 is 14.8 Å². The molecule has 1 saturated heterocycles. The first-order valence-electron chi connectivity index (χ1n) is 7.28. The minimum atomic E-state index is 0.537. The van der Waals surface area contributed by atoms with Crippen molar-refractivity contribution in [2.45, 2.75) is 32.9 Å². The van der Waals surface area contributed by atoms with Gasteiger partial charge >= 0.3 is 0 Å². The van der Waals surface area contributed by atoms with Crippen LogP contribution in [0.2, 0.25) is 0 Å². The van der Waals surface area contributed by atoms with Crippen molar-refractivity contribution in [3.05, 3.63) is 23.8 Å². The number of methoxy groups -OCH3 is 2. The van der Waals surface area contributed by atoms with Crippen LogP contribution in [0.4, 0.5) is 0 Å². The molecule has 21 heavy (non-hydrogen) atoms. The van der Waals surface area contributed by atoms with Gasteiger partial charge in [0, 0.05) is 11.8 Å². The van der Waals surface area contributed by atoms with E-state index in [0.717, 1.165) is 28.0 Å². The molecule has 1 atom stereocenters. The molecule has 1 aliphatic heterocycles. The average molecular weight is 308 g/mol. The molecule has 2 rings (SSSR count). The molecule has 0 aromatic heterocycles. The topological polar surface area (TPSA) is 42.8 Å². The molecule has 116 valence electrons. The lowest BCUT2D eigenvalue weighted by molar-refractivity contribution is 0.354. The molecule has 1 aromatic rings. The van der Waals surface area contributed by atoms with Crippen LogP contribution in [0.25, 0.3) is 0 Å². The smallest absolute Gasteiger partial charge is 0.161 e. The van der Waals surface area contributed by atoms with Crippen molar-refractivity contribution in [1.29, 1.82) is 0 Å². The van der Waals surface area contributed by atoms with Crippen LogP contribution in [0, 0.1) is 5.92 Å². The molecule has 0 bridgehead atoms. The van der Waals surface area contributed by atoms with Crippen molar-refractivity contribution in [2.75, 3.05) is 20.0 Å². The average Bonchev–Trinajstić information content (AvgIpc) is 2.52. The third-order valence-corrected chi connectivity index (χ3v) is 4.59. The summed E-state index contributed by atoms with van der Waals surface area (Å²) >= 11 is 1.80. The van der Waals surface area contributed by atoms with E-state index in [1.54, 1.807) is 26.0 Å². The molecule has 1 heterocycles. The molecule has 0 spiro atoms. The van der Waals surface area contributed by atoms with Crippen LogP contribution in [0.15, 0.2) is 23.2 Å². The number of benzene rings is 1. The van der Waals surface area contributed by atoms with Gasteiger partial charge in [0.05, 0.1) is 20.8 Å². The normalized spacial score (nSPS) is 20.4. The highest BCUT2D eigenvalue weighted by Crippen LogP contribution is 2.28. The summed E-state index contributed by atoms with van der Waals surface area (Å²) in [5.74, 6) is 3.27. The van der Waals surface area contributed by atoms with Gasteiger partial charge in [0.1, 0.15) is 0 Å². The molecule has 1 aromatic carbocycles. The van der Waals surface area contributed by atoms with Gasteiger partial charge in [-0.25, -0.2) is 0 Å². The molecule has 5 heteroatoms. The van der Waals surface area contributed by atoms with E-state index in [0.29, 0.717) is 18.5 Å². The Balaban J connectivity index is 2.03. The van der Waals surface area contributed by atoms with Crippen molar-refractivity contribution in [3.63, 3.8) is 0 Å². The summed E-state index contributed by atoms with van der Waals surface area (Å²) in [6.07, 6.45) is 1.21. The van der Waals surface area contributed by atoms with Crippen LogP contribution in [0.5, 0.6) is 11.5 Å². The molecule has 1 aliphatic rings. The highest BCUT2D eigenvalue weighted by atomic mass is 32.2. The van der Waals surface area contributed by atoms with Crippen molar-refractivity contribution >= 4 is 16.9 Å². The zero-order chi connectivity index (χ0) is 15.2. The Morgan fingerprint density at radius 1 is 1.29 bits per heavy atom. The first kappa shape index (κ1) is 16.0. The van der Waals surface area contributed by atoms with E-state index in [-0.39, 0.29) is 0 Å². The quantitative estimate of drug-likeness (QED) is 0.906. The lowest BCUT2D eigenvalue weighted by atomic mass is 10.0. The van der Waals surface area contributed by atoms with Crippen molar-refractivity contribution in [3.8, 4) is 11.5 Å². The summed E-state index contributed by atoms with van der Waals surface area (Å²) in [5.41, 5.74) is 1.12. The minimum Gasteiger partial charge on any atom is -0.493 e. The van der Waals surface area contributed by atoms with Crippen LogP contribution in [-0.2, 0) is 6.54 Å². The van der Waals surface area contributed by atoms with E-state index in [1.165, 1.54) is 6.42 Å². The molecule has 0 aliphatic carbocycles. The summed E-state index contributed by atoms with van der Waals surface area (Å²) in [7, 11) is 3.30. The van der Waals surface area contributed by atoms with Gasteiger partial charge in [-0.1, -0.05) is 31.7 Å². The Morgan fingerprint density at radius 3 is 2.71 bits per heavy atom. The predicted octanol–water partition coefficient (Wildman–Crippen LogP) is 3.31. The van der Waals surface area contributed by atoms with E-state index >= 15 is 0 Å². The summed E-state index contributed by atoms with van der Waals surface area (Å²) in [6.45, 7) is 5.15. The van der Waals surface area contributed by atoms with Crippen LogP contribution in [0.3, 0.4) is 0 Å². The SMILES string of the molecule is COc1ccc(CN=C2NC(C(C)C)CCS2)cc1OC. The van der Waals surface area contributed by atoms with Crippen LogP contribution in [-0.4, -0.2) is 31.2 Å². The third-order valence-electron chi connectivity index (χ3n) is 3.63.